The predicted octanol–water partition coefficient (Wildman–Crippen LogP) is 4.30. The third kappa shape index (κ3) is 4.40. The van der Waals surface area contributed by atoms with Gasteiger partial charge in [-0.05, 0) is 43.2 Å². The molecule has 6 heteroatoms. The van der Waals surface area contributed by atoms with Gasteiger partial charge in [0.1, 0.15) is 17.1 Å². The zero-order valence-corrected chi connectivity index (χ0v) is 18.9. The fourth-order valence-electron chi connectivity index (χ4n) is 4.48. The predicted molar refractivity (Wildman–Crippen MR) is 121 cm³/mol. The van der Waals surface area contributed by atoms with Gasteiger partial charge in [0.05, 0.1) is 19.1 Å². The van der Waals surface area contributed by atoms with Crippen LogP contribution in [0, 0.1) is 13.8 Å². The number of ketones is 2. The number of methoxy groups -OCH3 is 1. The molecule has 168 valence electrons. The van der Waals surface area contributed by atoms with E-state index in [-0.39, 0.29) is 30.3 Å². The number of hydrogen-bond donors (Lipinski definition) is 0. The molecule has 0 radical (unpaired) electrons. The second kappa shape index (κ2) is 8.77. The fraction of sp³-hybridized carbons (Fsp3) is 0.423. The molecule has 0 saturated carbocycles. The summed E-state index contributed by atoms with van der Waals surface area (Å²) in [5, 5.41) is 0. The lowest BCUT2D eigenvalue weighted by molar-refractivity contribution is -0.134. The standard InChI is InChI=1S/C26H29NO5/c1-17-4-5-19(14-18(17)2)22(28)8-9-25(30)27-12-10-26(11-13-27)16-23(29)21-7-6-20(31-3)15-24(21)32-26/h4-7,14-15H,8-13,16H2,1-3H3. The number of aryl methyl sites for hydroxylation is 2. The number of fused-ring (bicyclic) bond motifs is 1. The molecule has 2 aromatic rings. The average Bonchev–Trinajstić information content (AvgIpc) is 2.79. The molecule has 2 heterocycles. The van der Waals surface area contributed by atoms with E-state index in [4.69, 9.17) is 9.47 Å². The zero-order chi connectivity index (χ0) is 22.9. The van der Waals surface area contributed by atoms with Crippen molar-refractivity contribution in [3.63, 3.8) is 0 Å². The Bertz CT molecular complexity index is 1070. The summed E-state index contributed by atoms with van der Waals surface area (Å²) in [6.45, 7) is 5.02. The first-order valence-electron chi connectivity index (χ1n) is 11.1. The molecule has 1 amide bonds. The van der Waals surface area contributed by atoms with Crippen LogP contribution >= 0.6 is 0 Å². The molecule has 0 atom stereocenters. The third-order valence-electron chi connectivity index (χ3n) is 6.72. The lowest BCUT2D eigenvalue weighted by Crippen LogP contribution is -2.52. The lowest BCUT2D eigenvalue weighted by Gasteiger charge is -2.44. The van der Waals surface area contributed by atoms with Crippen LogP contribution in [0.2, 0.25) is 0 Å². The Morgan fingerprint density at radius 2 is 1.78 bits per heavy atom. The van der Waals surface area contributed by atoms with E-state index in [1.54, 1.807) is 30.2 Å². The van der Waals surface area contributed by atoms with Gasteiger partial charge in [-0.1, -0.05) is 12.1 Å². The van der Waals surface area contributed by atoms with Gasteiger partial charge in [-0.2, -0.15) is 0 Å². The van der Waals surface area contributed by atoms with Gasteiger partial charge in [0.15, 0.2) is 11.6 Å². The first kappa shape index (κ1) is 22.1. The van der Waals surface area contributed by atoms with Crippen molar-refractivity contribution in [3.8, 4) is 11.5 Å². The summed E-state index contributed by atoms with van der Waals surface area (Å²) in [6.07, 6.45) is 1.89. The van der Waals surface area contributed by atoms with Crippen LogP contribution in [0.15, 0.2) is 36.4 Å². The van der Waals surface area contributed by atoms with Crippen molar-refractivity contribution in [3.05, 3.63) is 58.7 Å². The van der Waals surface area contributed by atoms with Crippen molar-refractivity contribution < 1.29 is 23.9 Å². The van der Waals surface area contributed by atoms with E-state index >= 15 is 0 Å². The van der Waals surface area contributed by atoms with Gasteiger partial charge in [0.25, 0.3) is 0 Å². The Hall–Kier alpha value is -3.15. The molecule has 0 unspecified atom stereocenters. The van der Waals surface area contributed by atoms with Crippen LogP contribution in [0.3, 0.4) is 0 Å². The topological polar surface area (TPSA) is 72.9 Å². The maximum absolute atomic E-state index is 12.7. The van der Waals surface area contributed by atoms with Gasteiger partial charge in [-0.3, -0.25) is 14.4 Å². The van der Waals surface area contributed by atoms with E-state index in [9.17, 15) is 14.4 Å². The van der Waals surface area contributed by atoms with Crippen LogP contribution in [0.5, 0.6) is 11.5 Å². The molecule has 4 rings (SSSR count). The summed E-state index contributed by atoms with van der Waals surface area (Å²) in [4.78, 5) is 39.7. The normalized spacial score (nSPS) is 17.0. The van der Waals surface area contributed by atoms with Crippen molar-refractivity contribution in [2.45, 2.75) is 51.6 Å². The maximum Gasteiger partial charge on any atom is 0.223 e. The van der Waals surface area contributed by atoms with E-state index in [1.165, 1.54) is 0 Å². The van der Waals surface area contributed by atoms with Crippen LogP contribution in [-0.4, -0.2) is 48.2 Å². The molecule has 1 fully saturated rings. The largest absolute Gasteiger partial charge is 0.497 e. The SMILES string of the molecule is COc1ccc2c(c1)OC1(CCN(C(=O)CCC(=O)c3ccc(C)c(C)c3)CC1)CC2=O. The first-order valence-corrected chi connectivity index (χ1v) is 11.1. The highest BCUT2D eigenvalue weighted by molar-refractivity contribution is 6.00. The second-order valence-corrected chi connectivity index (χ2v) is 8.85. The Labute approximate surface area is 188 Å². The Morgan fingerprint density at radius 1 is 1.03 bits per heavy atom. The molecule has 0 N–H and O–H groups in total. The van der Waals surface area contributed by atoms with E-state index in [1.807, 2.05) is 32.0 Å². The van der Waals surface area contributed by atoms with Gasteiger partial charge in [0, 0.05) is 50.4 Å². The van der Waals surface area contributed by atoms with Crippen molar-refractivity contribution in [2.75, 3.05) is 20.2 Å². The Balaban J connectivity index is 1.34. The number of piperidine rings is 1. The van der Waals surface area contributed by atoms with Gasteiger partial charge in [-0.25, -0.2) is 0 Å². The van der Waals surface area contributed by atoms with Crippen molar-refractivity contribution in [1.29, 1.82) is 0 Å². The maximum atomic E-state index is 12.7. The molecule has 6 nitrogen and oxygen atoms in total. The van der Waals surface area contributed by atoms with Crippen LogP contribution in [0.25, 0.3) is 0 Å². The number of hydrogen-bond acceptors (Lipinski definition) is 5. The molecule has 2 aromatic carbocycles. The summed E-state index contributed by atoms with van der Waals surface area (Å²) in [7, 11) is 1.58. The molecule has 1 spiro atoms. The van der Waals surface area contributed by atoms with Gasteiger partial charge < -0.3 is 14.4 Å². The lowest BCUT2D eigenvalue weighted by atomic mass is 9.82. The number of carbonyl (C=O) groups excluding carboxylic acids is 3. The summed E-state index contributed by atoms with van der Waals surface area (Å²) in [6, 6.07) is 10.9. The summed E-state index contributed by atoms with van der Waals surface area (Å²) >= 11 is 0. The van der Waals surface area contributed by atoms with E-state index in [2.05, 4.69) is 0 Å². The number of benzene rings is 2. The molecule has 0 bridgehead atoms. The van der Waals surface area contributed by atoms with Gasteiger partial charge in [-0.15, -0.1) is 0 Å². The third-order valence-corrected chi connectivity index (χ3v) is 6.72. The minimum atomic E-state index is -0.581. The fourth-order valence-corrected chi connectivity index (χ4v) is 4.48. The monoisotopic (exact) mass is 435 g/mol. The Kier molecular flexibility index (Phi) is 6.04. The number of carbonyl (C=O) groups is 3. The second-order valence-electron chi connectivity index (χ2n) is 8.85. The summed E-state index contributed by atoms with van der Waals surface area (Å²) in [5.74, 6) is 1.23. The molecular formula is C26H29NO5. The van der Waals surface area contributed by atoms with Gasteiger partial charge >= 0.3 is 0 Å². The molecule has 1 saturated heterocycles. The van der Waals surface area contributed by atoms with Crippen LogP contribution < -0.4 is 9.47 Å². The highest BCUT2D eigenvalue weighted by Gasteiger charge is 2.43. The van der Waals surface area contributed by atoms with Crippen molar-refractivity contribution >= 4 is 17.5 Å². The van der Waals surface area contributed by atoms with Crippen LogP contribution in [0.4, 0.5) is 0 Å². The molecular weight excluding hydrogens is 406 g/mol. The first-order chi connectivity index (χ1) is 15.3. The highest BCUT2D eigenvalue weighted by Crippen LogP contribution is 2.40. The summed E-state index contributed by atoms with van der Waals surface area (Å²) in [5.41, 5.74) is 2.87. The number of nitrogens with zero attached hydrogens (tertiary/aromatic N) is 1. The number of ether oxygens (including phenoxy) is 2. The van der Waals surface area contributed by atoms with Crippen LogP contribution in [-0.2, 0) is 4.79 Å². The molecule has 0 aliphatic carbocycles. The van der Waals surface area contributed by atoms with Crippen LogP contribution in [0.1, 0.15) is 63.9 Å². The number of likely N-dealkylation sites (tertiary alicyclic amines) is 1. The number of amides is 1. The molecule has 32 heavy (non-hydrogen) atoms. The van der Waals surface area contributed by atoms with E-state index in [0.29, 0.717) is 55.0 Å². The van der Waals surface area contributed by atoms with Crippen molar-refractivity contribution in [1.82, 2.24) is 4.90 Å². The van der Waals surface area contributed by atoms with E-state index in [0.717, 1.165) is 11.1 Å². The van der Waals surface area contributed by atoms with Crippen molar-refractivity contribution in [2.24, 2.45) is 0 Å². The smallest absolute Gasteiger partial charge is 0.223 e. The highest BCUT2D eigenvalue weighted by atomic mass is 16.5. The molecule has 2 aliphatic heterocycles. The quantitative estimate of drug-likeness (QED) is 0.655. The Morgan fingerprint density at radius 3 is 2.47 bits per heavy atom. The molecule has 2 aliphatic rings. The van der Waals surface area contributed by atoms with Gasteiger partial charge in [0.2, 0.25) is 5.91 Å². The average molecular weight is 436 g/mol. The number of rotatable bonds is 5. The molecule has 0 aromatic heterocycles. The minimum Gasteiger partial charge on any atom is -0.497 e. The number of Topliss-reactive ketones (excluding diaryl/α,β-unsaturated/α-hetero) is 2. The van der Waals surface area contributed by atoms with E-state index < -0.39 is 5.60 Å². The zero-order valence-electron chi connectivity index (χ0n) is 18.9. The summed E-state index contributed by atoms with van der Waals surface area (Å²) < 4.78 is 11.5. The minimum absolute atomic E-state index is 0.0123.